The molecule has 0 bridgehead atoms. The van der Waals surface area contributed by atoms with Gasteiger partial charge in [-0.15, -0.1) is 0 Å². The molecule has 1 aromatic carbocycles. The maximum absolute atomic E-state index is 13.1. The van der Waals surface area contributed by atoms with E-state index in [0.29, 0.717) is 0 Å². The molecule has 0 spiro atoms. The van der Waals surface area contributed by atoms with Crippen molar-refractivity contribution in [1.82, 2.24) is 20.4 Å². The number of guanidine groups is 1. The van der Waals surface area contributed by atoms with Gasteiger partial charge >= 0.3 is 0 Å². The number of anilines is 1. The molecular formula is C20H33FN6O. The monoisotopic (exact) mass is 392 g/mol. The van der Waals surface area contributed by atoms with Crippen molar-refractivity contribution in [2.75, 3.05) is 90.6 Å². The molecular weight excluding hydrogens is 359 g/mol. The molecule has 7 nitrogen and oxygen atoms in total. The molecule has 2 saturated heterocycles. The summed E-state index contributed by atoms with van der Waals surface area (Å²) in [4.78, 5) is 11.5. The standard InChI is InChI=1S/C20H33FN6O/c1-22-20(24-7-9-26-14-16-28-17-15-26)23-6-8-25-10-12-27(13-11-25)19-4-2-18(21)3-5-19/h2-5H,6-17H2,1H3,(H2,22,23,24). The Balaban J connectivity index is 1.28. The van der Waals surface area contributed by atoms with E-state index in [-0.39, 0.29) is 5.82 Å². The van der Waals surface area contributed by atoms with Gasteiger partial charge in [-0.2, -0.15) is 0 Å². The molecule has 0 unspecified atom stereocenters. The van der Waals surface area contributed by atoms with Gasteiger partial charge in [0, 0.05) is 78.2 Å². The molecule has 156 valence electrons. The molecule has 0 saturated carbocycles. The van der Waals surface area contributed by atoms with Crippen molar-refractivity contribution < 1.29 is 9.13 Å². The van der Waals surface area contributed by atoms with Gasteiger partial charge in [0.05, 0.1) is 13.2 Å². The van der Waals surface area contributed by atoms with E-state index >= 15 is 0 Å². The Morgan fingerprint density at radius 2 is 1.50 bits per heavy atom. The van der Waals surface area contributed by atoms with E-state index in [1.165, 1.54) is 12.1 Å². The summed E-state index contributed by atoms with van der Waals surface area (Å²) in [7, 11) is 1.81. The second-order valence-electron chi connectivity index (χ2n) is 7.18. The summed E-state index contributed by atoms with van der Waals surface area (Å²) in [5.74, 6) is 0.679. The van der Waals surface area contributed by atoms with Crippen LogP contribution in [0.2, 0.25) is 0 Å². The smallest absolute Gasteiger partial charge is 0.191 e. The fraction of sp³-hybridized carbons (Fsp3) is 0.650. The summed E-state index contributed by atoms with van der Waals surface area (Å²) in [5, 5.41) is 6.79. The van der Waals surface area contributed by atoms with Gasteiger partial charge in [-0.25, -0.2) is 4.39 Å². The van der Waals surface area contributed by atoms with Crippen LogP contribution in [0.15, 0.2) is 29.3 Å². The summed E-state index contributed by atoms with van der Waals surface area (Å²) < 4.78 is 18.4. The molecule has 0 atom stereocenters. The number of halogens is 1. The van der Waals surface area contributed by atoms with Gasteiger partial charge in [0.15, 0.2) is 5.96 Å². The summed E-state index contributed by atoms with van der Waals surface area (Å²) in [6.45, 7) is 11.4. The number of hydrogen-bond acceptors (Lipinski definition) is 5. The lowest BCUT2D eigenvalue weighted by Gasteiger charge is -2.36. The molecule has 2 aliphatic rings. The number of hydrogen-bond donors (Lipinski definition) is 2. The highest BCUT2D eigenvalue weighted by atomic mass is 19.1. The third-order valence-corrected chi connectivity index (χ3v) is 5.33. The molecule has 2 N–H and O–H groups in total. The SMILES string of the molecule is CN=C(NCCN1CCOCC1)NCCN1CCN(c2ccc(F)cc2)CC1. The average Bonchev–Trinajstić information content (AvgIpc) is 2.74. The van der Waals surface area contributed by atoms with E-state index in [1.807, 2.05) is 19.2 Å². The van der Waals surface area contributed by atoms with Crippen molar-refractivity contribution in [1.29, 1.82) is 0 Å². The van der Waals surface area contributed by atoms with Crippen LogP contribution in [-0.4, -0.2) is 101 Å². The van der Waals surface area contributed by atoms with Crippen LogP contribution in [0.5, 0.6) is 0 Å². The van der Waals surface area contributed by atoms with E-state index < -0.39 is 0 Å². The molecule has 2 fully saturated rings. The summed E-state index contributed by atoms with van der Waals surface area (Å²) in [6.07, 6.45) is 0. The summed E-state index contributed by atoms with van der Waals surface area (Å²) >= 11 is 0. The van der Waals surface area contributed by atoms with E-state index in [9.17, 15) is 4.39 Å². The van der Waals surface area contributed by atoms with Crippen molar-refractivity contribution in [2.24, 2.45) is 4.99 Å². The van der Waals surface area contributed by atoms with Crippen LogP contribution >= 0.6 is 0 Å². The number of nitrogens with zero attached hydrogens (tertiary/aromatic N) is 4. The number of piperazine rings is 1. The van der Waals surface area contributed by atoms with E-state index in [4.69, 9.17) is 4.74 Å². The number of rotatable bonds is 7. The Kier molecular flexibility index (Phi) is 8.32. The highest BCUT2D eigenvalue weighted by Crippen LogP contribution is 2.16. The molecule has 2 aliphatic heterocycles. The first-order valence-electron chi connectivity index (χ1n) is 10.2. The first kappa shape index (κ1) is 20.8. The Morgan fingerprint density at radius 3 is 2.07 bits per heavy atom. The second-order valence-corrected chi connectivity index (χ2v) is 7.18. The van der Waals surface area contributed by atoms with Gasteiger partial charge in [-0.05, 0) is 24.3 Å². The highest BCUT2D eigenvalue weighted by Gasteiger charge is 2.17. The van der Waals surface area contributed by atoms with Gasteiger partial charge in [-0.3, -0.25) is 14.8 Å². The highest BCUT2D eigenvalue weighted by molar-refractivity contribution is 5.79. The molecule has 0 aliphatic carbocycles. The Morgan fingerprint density at radius 1 is 0.929 bits per heavy atom. The van der Waals surface area contributed by atoms with Crippen LogP contribution in [0.4, 0.5) is 10.1 Å². The Hall–Kier alpha value is -1.90. The van der Waals surface area contributed by atoms with Crippen molar-refractivity contribution in [3.63, 3.8) is 0 Å². The topological polar surface area (TPSA) is 55.4 Å². The maximum Gasteiger partial charge on any atom is 0.191 e. The Bertz CT molecular complexity index is 597. The lowest BCUT2D eigenvalue weighted by Crippen LogP contribution is -2.50. The van der Waals surface area contributed by atoms with Gasteiger partial charge in [0.1, 0.15) is 5.82 Å². The van der Waals surface area contributed by atoms with Crippen LogP contribution in [0.3, 0.4) is 0 Å². The quantitative estimate of drug-likeness (QED) is 0.519. The van der Waals surface area contributed by atoms with Crippen LogP contribution < -0.4 is 15.5 Å². The van der Waals surface area contributed by atoms with Gasteiger partial charge in [0.25, 0.3) is 0 Å². The largest absolute Gasteiger partial charge is 0.379 e. The second kappa shape index (κ2) is 11.2. The summed E-state index contributed by atoms with van der Waals surface area (Å²) in [6, 6.07) is 6.78. The molecule has 8 heteroatoms. The first-order valence-corrected chi connectivity index (χ1v) is 10.2. The maximum atomic E-state index is 13.1. The van der Waals surface area contributed by atoms with Gasteiger partial charge < -0.3 is 20.3 Å². The van der Waals surface area contributed by atoms with Crippen LogP contribution in [-0.2, 0) is 4.74 Å². The average molecular weight is 393 g/mol. The van der Waals surface area contributed by atoms with E-state index in [2.05, 4.69) is 30.3 Å². The van der Waals surface area contributed by atoms with E-state index in [1.54, 1.807) is 0 Å². The lowest BCUT2D eigenvalue weighted by atomic mass is 10.2. The zero-order valence-electron chi connectivity index (χ0n) is 16.9. The minimum Gasteiger partial charge on any atom is -0.379 e. The lowest BCUT2D eigenvalue weighted by molar-refractivity contribution is 0.0389. The summed E-state index contributed by atoms with van der Waals surface area (Å²) in [5.41, 5.74) is 1.10. The zero-order valence-corrected chi connectivity index (χ0v) is 16.9. The molecule has 3 rings (SSSR count). The number of benzene rings is 1. The Labute approximate surface area is 167 Å². The minimum atomic E-state index is -0.180. The normalized spacial score (nSPS) is 19.6. The molecule has 1 aromatic rings. The third kappa shape index (κ3) is 6.61. The molecule has 0 aromatic heterocycles. The fourth-order valence-corrected chi connectivity index (χ4v) is 3.59. The molecule has 0 amide bonds. The van der Waals surface area contributed by atoms with Crippen LogP contribution in [0.1, 0.15) is 0 Å². The molecule has 0 radical (unpaired) electrons. The number of nitrogens with one attached hydrogen (secondary N) is 2. The minimum absolute atomic E-state index is 0.180. The van der Waals surface area contributed by atoms with Crippen LogP contribution in [0, 0.1) is 5.82 Å². The van der Waals surface area contributed by atoms with Gasteiger partial charge in [0.2, 0.25) is 0 Å². The molecule has 28 heavy (non-hydrogen) atoms. The third-order valence-electron chi connectivity index (χ3n) is 5.33. The van der Waals surface area contributed by atoms with Crippen molar-refractivity contribution in [3.05, 3.63) is 30.1 Å². The van der Waals surface area contributed by atoms with Crippen molar-refractivity contribution in [3.8, 4) is 0 Å². The number of ether oxygens (including phenoxy) is 1. The number of morpholine rings is 1. The van der Waals surface area contributed by atoms with E-state index in [0.717, 1.165) is 90.3 Å². The molecule has 2 heterocycles. The fourth-order valence-electron chi connectivity index (χ4n) is 3.59. The zero-order chi connectivity index (χ0) is 19.6. The van der Waals surface area contributed by atoms with Crippen LogP contribution in [0.25, 0.3) is 0 Å². The predicted molar refractivity (Wildman–Crippen MR) is 112 cm³/mol. The predicted octanol–water partition coefficient (Wildman–Crippen LogP) is 0.445. The van der Waals surface area contributed by atoms with Gasteiger partial charge in [-0.1, -0.05) is 0 Å². The van der Waals surface area contributed by atoms with Crippen molar-refractivity contribution in [2.45, 2.75) is 0 Å². The van der Waals surface area contributed by atoms with Crippen molar-refractivity contribution >= 4 is 11.6 Å². The first-order chi connectivity index (χ1) is 13.7. The number of aliphatic imine (C=N–C) groups is 1.